The van der Waals surface area contributed by atoms with Crippen molar-refractivity contribution in [1.29, 1.82) is 0 Å². The van der Waals surface area contributed by atoms with Gasteiger partial charge in [-0.15, -0.1) is 0 Å². The Labute approximate surface area is 119 Å². The lowest BCUT2D eigenvalue weighted by molar-refractivity contribution is -0.870. The molecule has 0 aromatic carbocycles. The molecule has 0 aliphatic rings. The van der Waals surface area contributed by atoms with E-state index < -0.39 is 7.60 Å². The molecule has 0 aliphatic heterocycles. The van der Waals surface area contributed by atoms with Gasteiger partial charge in [-0.3, -0.25) is 4.57 Å². The van der Waals surface area contributed by atoms with Gasteiger partial charge in [-0.1, -0.05) is 45.4 Å². The SMILES string of the molecule is CCCCCCCCCP(=O)(O)OCC[N+](C)(C)C. The quantitative estimate of drug-likeness (QED) is 0.339. The highest BCUT2D eigenvalue weighted by atomic mass is 31.2. The Bertz CT molecular complexity index is 264. The summed E-state index contributed by atoms with van der Waals surface area (Å²) in [7, 11) is 2.78. The van der Waals surface area contributed by atoms with Gasteiger partial charge in [0.25, 0.3) is 0 Å². The van der Waals surface area contributed by atoms with E-state index >= 15 is 0 Å². The lowest BCUT2D eigenvalue weighted by Crippen LogP contribution is -2.37. The third kappa shape index (κ3) is 14.3. The molecule has 0 aromatic rings. The van der Waals surface area contributed by atoms with E-state index in [-0.39, 0.29) is 0 Å². The Morgan fingerprint density at radius 3 is 2.05 bits per heavy atom. The monoisotopic (exact) mass is 294 g/mol. The summed E-state index contributed by atoms with van der Waals surface area (Å²) in [5.41, 5.74) is 0. The molecule has 0 saturated carbocycles. The van der Waals surface area contributed by atoms with Gasteiger partial charge < -0.3 is 13.9 Å². The third-order valence-electron chi connectivity index (χ3n) is 3.10. The normalized spacial score (nSPS) is 15.4. The zero-order chi connectivity index (χ0) is 14.8. The second kappa shape index (κ2) is 9.93. The minimum atomic E-state index is -3.35. The maximum absolute atomic E-state index is 11.8. The van der Waals surface area contributed by atoms with Crippen LogP contribution in [0, 0.1) is 0 Å². The average molecular weight is 294 g/mol. The fourth-order valence-electron chi connectivity index (χ4n) is 1.79. The van der Waals surface area contributed by atoms with Crippen LogP contribution in [0.1, 0.15) is 51.9 Å². The molecule has 5 heteroatoms. The Morgan fingerprint density at radius 2 is 1.53 bits per heavy atom. The number of unbranched alkanes of at least 4 members (excludes halogenated alkanes) is 6. The molecule has 0 bridgehead atoms. The van der Waals surface area contributed by atoms with Gasteiger partial charge in [0.1, 0.15) is 13.2 Å². The van der Waals surface area contributed by atoms with Crippen LogP contribution >= 0.6 is 7.60 Å². The maximum Gasteiger partial charge on any atom is 0.328 e. The molecule has 1 unspecified atom stereocenters. The molecule has 1 atom stereocenters. The second-order valence-electron chi connectivity index (χ2n) is 6.33. The summed E-state index contributed by atoms with van der Waals surface area (Å²) in [5.74, 6) is 0. The third-order valence-corrected chi connectivity index (χ3v) is 4.57. The van der Waals surface area contributed by atoms with Crippen LogP contribution in [-0.4, -0.2) is 49.8 Å². The van der Waals surface area contributed by atoms with Crippen molar-refractivity contribution in [3.8, 4) is 0 Å². The molecule has 4 nitrogen and oxygen atoms in total. The van der Waals surface area contributed by atoms with Crippen molar-refractivity contribution < 1.29 is 18.5 Å². The summed E-state index contributed by atoms with van der Waals surface area (Å²) in [4.78, 5) is 9.68. The standard InChI is InChI=1S/C14H32NO3P/c1-5-6-7-8-9-10-11-14-19(16,17)18-13-12-15(2,3)4/h5-14H2,1-4H3/p+1. The van der Waals surface area contributed by atoms with E-state index in [0.717, 1.165) is 23.9 Å². The van der Waals surface area contributed by atoms with E-state index in [0.29, 0.717) is 12.8 Å². The van der Waals surface area contributed by atoms with Crippen molar-refractivity contribution >= 4 is 7.60 Å². The van der Waals surface area contributed by atoms with E-state index in [1.807, 2.05) is 21.1 Å². The topological polar surface area (TPSA) is 46.5 Å². The minimum absolute atomic E-state index is 0.303. The molecule has 0 fully saturated rings. The molecular formula is C14H33NO3P+. The first-order valence-electron chi connectivity index (χ1n) is 7.54. The van der Waals surface area contributed by atoms with E-state index in [9.17, 15) is 9.46 Å². The van der Waals surface area contributed by atoms with Crippen LogP contribution in [0.5, 0.6) is 0 Å². The van der Waals surface area contributed by atoms with Gasteiger partial charge in [0.05, 0.1) is 21.1 Å². The van der Waals surface area contributed by atoms with Crippen LogP contribution < -0.4 is 0 Å². The highest BCUT2D eigenvalue weighted by Crippen LogP contribution is 2.42. The number of likely N-dealkylation sites (N-methyl/N-ethyl adjacent to an activating group) is 1. The van der Waals surface area contributed by atoms with Gasteiger partial charge >= 0.3 is 7.60 Å². The summed E-state index contributed by atoms with van der Waals surface area (Å²) >= 11 is 0. The van der Waals surface area contributed by atoms with Crippen LogP contribution in [0.2, 0.25) is 0 Å². The molecule has 0 rings (SSSR count). The Morgan fingerprint density at radius 1 is 1.00 bits per heavy atom. The average Bonchev–Trinajstić information content (AvgIpc) is 2.25. The fraction of sp³-hybridized carbons (Fsp3) is 1.00. The summed E-state index contributed by atoms with van der Waals surface area (Å²) in [6.45, 7) is 3.31. The highest BCUT2D eigenvalue weighted by molar-refractivity contribution is 7.52. The van der Waals surface area contributed by atoms with Gasteiger partial charge in [-0.2, -0.15) is 0 Å². The summed E-state index contributed by atoms with van der Waals surface area (Å²) in [6.07, 6.45) is 8.38. The van der Waals surface area contributed by atoms with Crippen molar-refractivity contribution in [2.45, 2.75) is 51.9 Å². The maximum atomic E-state index is 11.8. The molecule has 0 radical (unpaired) electrons. The number of nitrogens with zero attached hydrogens (tertiary/aromatic N) is 1. The predicted molar refractivity (Wildman–Crippen MR) is 81.5 cm³/mol. The molecule has 0 saturated heterocycles. The number of quaternary nitrogens is 1. The predicted octanol–water partition coefficient (Wildman–Crippen LogP) is 3.65. The van der Waals surface area contributed by atoms with E-state index in [1.165, 1.54) is 32.1 Å². The van der Waals surface area contributed by atoms with Crippen LogP contribution in [0.3, 0.4) is 0 Å². The lowest BCUT2D eigenvalue weighted by Gasteiger charge is -2.24. The molecule has 19 heavy (non-hydrogen) atoms. The molecule has 116 valence electrons. The highest BCUT2D eigenvalue weighted by Gasteiger charge is 2.19. The Balaban J connectivity index is 3.54. The van der Waals surface area contributed by atoms with Crippen LogP contribution in [-0.2, 0) is 9.09 Å². The van der Waals surface area contributed by atoms with Crippen molar-refractivity contribution in [2.75, 3.05) is 40.5 Å². The zero-order valence-corrected chi connectivity index (χ0v) is 14.1. The number of hydrogen-bond acceptors (Lipinski definition) is 2. The molecular weight excluding hydrogens is 261 g/mol. The zero-order valence-electron chi connectivity index (χ0n) is 13.2. The summed E-state index contributed by atoms with van der Waals surface area (Å²) in [5, 5.41) is 0. The number of hydrogen-bond donors (Lipinski definition) is 1. The minimum Gasteiger partial charge on any atom is -0.329 e. The Kier molecular flexibility index (Phi) is 9.98. The van der Waals surface area contributed by atoms with Gasteiger partial charge in [0.15, 0.2) is 0 Å². The van der Waals surface area contributed by atoms with E-state index in [1.54, 1.807) is 0 Å². The van der Waals surface area contributed by atoms with Crippen LogP contribution in [0.4, 0.5) is 0 Å². The molecule has 0 aliphatic carbocycles. The molecule has 0 aromatic heterocycles. The number of rotatable bonds is 12. The van der Waals surface area contributed by atoms with Crippen LogP contribution in [0.15, 0.2) is 0 Å². The summed E-state index contributed by atoms with van der Waals surface area (Å²) < 4.78 is 17.7. The lowest BCUT2D eigenvalue weighted by atomic mass is 10.1. The Hall–Kier alpha value is 0.110. The second-order valence-corrected chi connectivity index (χ2v) is 8.31. The first kappa shape index (κ1) is 19.1. The van der Waals surface area contributed by atoms with E-state index in [2.05, 4.69) is 6.92 Å². The first-order chi connectivity index (χ1) is 8.77. The molecule has 0 heterocycles. The fourth-order valence-corrected chi connectivity index (χ4v) is 2.91. The van der Waals surface area contributed by atoms with Crippen molar-refractivity contribution in [3.05, 3.63) is 0 Å². The van der Waals surface area contributed by atoms with Gasteiger partial charge in [0, 0.05) is 6.16 Å². The van der Waals surface area contributed by atoms with Crippen molar-refractivity contribution in [3.63, 3.8) is 0 Å². The molecule has 1 N–H and O–H groups in total. The van der Waals surface area contributed by atoms with Crippen molar-refractivity contribution in [1.82, 2.24) is 0 Å². The van der Waals surface area contributed by atoms with E-state index in [4.69, 9.17) is 4.52 Å². The smallest absolute Gasteiger partial charge is 0.328 e. The molecule has 0 spiro atoms. The van der Waals surface area contributed by atoms with Gasteiger partial charge in [0.2, 0.25) is 0 Å². The first-order valence-corrected chi connectivity index (χ1v) is 9.30. The van der Waals surface area contributed by atoms with Crippen molar-refractivity contribution in [2.24, 2.45) is 0 Å². The van der Waals surface area contributed by atoms with Crippen LogP contribution in [0.25, 0.3) is 0 Å². The van der Waals surface area contributed by atoms with Gasteiger partial charge in [-0.05, 0) is 6.42 Å². The van der Waals surface area contributed by atoms with Gasteiger partial charge in [-0.25, -0.2) is 0 Å². The largest absolute Gasteiger partial charge is 0.329 e. The molecule has 0 amide bonds. The summed E-state index contributed by atoms with van der Waals surface area (Å²) in [6, 6.07) is 0.